The van der Waals surface area contributed by atoms with Gasteiger partial charge in [-0.2, -0.15) is 0 Å². The molecule has 1 rings (SSSR count). The van der Waals surface area contributed by atoms with Crippen molar-refractivity contribution in [3.05, 3.63) is 22.8 Å². The summed E-state index contributed by atoms with van der Waals surface area (Å²) in [7, 11) is 0. The molecule has 5 heteroatoms. The number of nitrogens with zero attached hydrogens (tertiary/aromatic N) is 1. The molecule has 0 aliphatic rings. The van der Waals surface area contributed by atoms with Gasteiger partial charge in [0.25, 0.3) is 0 Å². The van der Waals surface area contributed by atoms with Crippen LogP contribution in [0.1, 0.15) is 18.9 Å². The monoisotopic (exact) mass is 254 g/mol. The number of pyridine rings is 1. The van der Waals surface area contributed by atoms with E-state index in [0.717, 1.165) is 0 Å². The van der Waals surface area contributed by atoms with Gasteiger partial charge < -0.3 is 5.73 Å². The third kappa shape index (κ3) is 4.56. The van der Waals surface area contributed by atoms with Gasteiger partial charge in [0, 0.05) is 31.4 Å². The van der Waals surface area contributed by atoms with Crippen LogP contribution in [0.15, 0.2) is 12.3 Å². The summed E-state index contributed by atoms with van der Waals surface area (Å²) in [5.41, 5.74) is 6.11. The van der Waals surface area contributed by atoms with Gasteiger partial charge in [0.15, 0.2) is 5.12 Å². The molecule has 0 aliphatic carbocycles. The maximum Gasteiger partial charge on any atom is 0.185 e. The molecule has 0 atom stereocenters. The van der Waals surface area contributed by atoms with E-state index in [2.05, 4.69) is 16.8 Å². The summed E-state index contributed by atoms with van der Waals surface area (Å²) >= 11 is 7.17. The molecule has 2 N–H and O–H groups in total. The first-order valence-corrected chi connectivity index (χ1v) is 5.99. The SMILES string of the molecule is CC(=O)SCCC#Cc1cnc(N)cc1Cl. The summed E-state index contributed by atoms with van der Waals surface area (Å²) in [6.07, 6.45) is 2.19. The lowest BCUT2D eigenvalue weighted by atomic mass is 10.3. The second-order valence-electron chi connectivity index (χ2n) is 2.98. The topological polar surface area (TPSA) is 56.0 Å². The van der Waals surface area contributed by atoms with Gasteiger partial charge in [-0.25, -0.2) is 4.98 Å². The third-order valence-electron chi connectivity index (χ3n) is 1.63. The highest BCUT2D eigenvalue weighted by Gasteiger charge is 1.97. The standard InChI is InChI=1S/C11H11ClN2OS/c1-8(15)16-5-3-2-4-9-7-14-11(13)6-10(9)12/h6-7H,3,5H2,1H3,(H2,13,14). The Kier molecular flexibility index (Phi) is 5.17. The minimum Gasteiger partial charge on any atom is -0.384 e. The Labute approximate surface area is 104 Å². The molecule has 84 valence electrons. The van der Waals surface area contributed by atoms with Gasteiger partial charge in [0.05, 0.1) is 10.6 Å². The smallest absolute Gasteiger partial charge is 0.185 e. The molecule has 0 saturated heterocycles. The van der Waals surface area contributed by atoms with Gasteiger partial charge in [0.1, 0.15) is 5.82 Å². The van der Waals surface area contributed by atoms with Crippen LogP contribution in [0.2, 0.25) is 5.02 Å². The maximum atomic E-state index is 10.6. The molecule has 1 aromatic rings. The number of nitrogen functional groups attached to an aromatic ring is 1. The van der Waals surface area contributed by atoms with Crippen molar-refractivity contribution in [2.45, 2.75) is 13.3 Å². The van der Waals surface area contributed by atoms with E-state index in [1.165, 1.54) is 11.8 Å². The van der Waals surface area contributed by atoms with Crippen molar-refractivity contribution in [3.63, 3.8) is 0 Å². The van der Waals surface area contributed by atoms with E-state index in [0.29, 0.717) is 28.6 Å². The minimum atomic E-state index is 0.106. The van der Waals surface area contributed by atoms with Crippen LogP contribution < -0.4 is 5.73 Å². The van der Waals surface area contributed by atoms with E-state index in [-0.39, 0.29) is 5.12 Å². The number of carbonyl (C=O) groups is 1. The molecule has 0 spiro atoms. The molecule has 0 unspecified atom stereocenters. The van der Waals surface area contributed by atoms with Crippen LogP contribution in [0.5, 0.6) is 0 Å². The number of nitrogens with two attached hydrogens (primary N) is 1. The molecule has 16 heavy (non-hydrogen) atoms. The quantitative estimate of drug-likeness (QED) is 0.650. The number of anilines is 1. The van der Waals surface area contributed by atoms with Gasteiger partial charge in [-0.1, -0.05) is 35.2 Å². The zero-order valence-corrected chi connectivity index (χ0v) is 10.4. The van der Waals surface area contributed by atoms with Crippen LogP contribution in [0.25, 0.3) is 0 Å². The van der Waals surface area contributed by atoms with Crippen molar-refractivity contribution in [3.8, 4) is 11.8 Å². The van der Waals surface area contributed by atoms with Crippen molar-refractivity contribution < 1.29 is 4.79 Å². The van der Waals surface area contributed by atoms with Crippen LogP contribution in [-0.2, 0) is 4.79 Å². The second kappa shape index (κ2) is 6.41. The molecular weight excluding hydrogens is 244 g/mol. The maximum absolute atomic E-state index is 10.6. The Morgan fingerprint density at radius 2 is 2.44 bits per heavy atom. The van der Waals surface area contributed by atoms with Crippen molar-refractivity contribution in [2.75, 3.05) is 11.5 Å². The van der Waals surface area contributed by atoms with Gasteiger partial charge in [-0.15, -0.1) is 0 Å². The fourth-order valence-corrected chi connectivity index (χ4v) is 1.64. The highest BCUT2D eigenvalue weighted by molar-refractivity contribution is 8.13. The molecule has 3 nitrogen and oxygen atoms in total. The summed E-state index contributed by atoms with van der Waals surface area (Å²) in [6.45, 7) is 1.54. The fourth-order valence-electron chi connectivity index (χ4n) is 0.941. The molecule has 0 bridgehead atoms. The number of rotatable bonds is 2. The van der Waals surface area contributed by atoms with E-state index >= 15 is 0 Å². The van der Waals surface area contributed by atoms with Gasteiger partial charge >= 0.3 is 0 Å². The largest absolute Gasteiger partial charge is 0.384 e. The Morgan fingerprint density at radius 3 is 3.06 bits per heavy atom. The average Bonchev–Trinajstić information content (AvgIpc) is 2.20. The van der Waals surface area contributed by atoms with E-state index in [9.17, 15) is 4.79 Å². The van der Waals surface area contributed by atoms with Crippen LogP contribution in [0.4, 0.5) is 5.82 Å². The van der Waals surface area contributed by atoms with Crippen LogP contribution >= 0.6 is 23.4 Å². The van der Waals surface area contributed by atoms with Crippen LogP contribution in [0, 0.1) is 11.8 Å². The minimum absolute atomic E-state index is 0.106. The van der Waals surface area contributed by atoms with Gasteiger partial charge in [-0.3, -0.25) is 4.79 Å². The van der Waals surface area contributed by atoms with Gasteiger partial charge in [-0.05, 0) is 0 Å². The highest BCUT2D eigenvalue weighted by Crippen LogP contribution is 2.15. The first-order chi connectivity index (χ1) is 7.59. The second-order valence-corrected chi connectivity index (χ2v) is 4.66. The number of hydrogen-bond acceptors (Lipinski definition) is 4. The molecular formula is C11H11ClN2OS. The number of thioether (sulfide) groups is 1. The highest BCUT2D eigenvalue weighted by atomic mass is 35.5. The zero-order valence-electron chi connectivity index (χ0n) is 8.79. The zero-order chi connectivity index (χ0) is 12.0. The Bertz CT molecular complexity index is 451. The molecule has 0 amide bonds. The molecule has 0 aliphatic heterocycles. The summed E-state index contributed by atoms with van der Waals surface area (Å²) < 4.78 is 0. The molecule has 0 saturated carbocycles. The van der Waals surface area contributed by atoms with Crippen LogP contribution in [0.3, 0.4) is 0 Å². The Morgan fingerprint density at radius 1 is 1.69 bits per heavy atom. The molecule has 0 aromatic carbocycles. The lowest BCUT2D eigenvalue weighted by Crippen LogP contribution is -1.90. The van der Waals surface area contributed by atoms with E-state index in [4.69, 9.17) is 17.3 Å². The molecule has 1 heterocycles. The Balaban J connectivity index is 2.53. The predicted molar refractivity (Wildman–Crippen MR) is 68.3 cm³/mol. The molecule has 1 aromatic heterocycles. The predicted octanol–water partition coefficient (Wildman–Crippen LogP) is 2.34. The summed E-state index contributed by atoms with van der Waals surface area (Å²) in [5.74, 6) is 6.89. The lowest BCUT2D eigenvalue weighted by Gasteiger charge is -1.96. The first-order valence-electron chi connectivity index (χ1n) is 4.63. The summed E-state index contributed by atoms with van der Waals surface area (Å²) in [5, 5.41) is 0.605. The van der Waals surface area contributed by atoms with E-state index in [1.54, 1.807) is 19.2 Å². The number of hydrogen-bond donors (Lipinski definition) is 1. The lowest BCUT2D eigenvalue weighted by molar-refractivity contribution is -0.109. The summed E-state index contributed by atoms with van der Waals surface area (Å²) in [6, 6.07) is 1.57. The van der Waals surface area contributed by atoms with Crippen molar-refractivity contribution in [1.29, 1.82) is 0 Å². The number of aromatic nitrogens is 1. The van der Waals surface area contributed by atoms with Crippen molar-refractivity contribution in [2.24, 2.45) is 0 Å². The van der Waals surface area contributed by atoms with E-state index < -0.39 is 0 Å². The van der Waals surface area contributed by atoms with Crippen molar-refractivity contribution >= 4 is 34.3 Å². The van der Waals surface area contributed by atoms with Crippen LogP contribution in [-0.4, -0.2) is 15.9 Å². The number of carbonyl (C=O) groups excluding carboxylic acids is 1. The Hall–Kier alpha value is -1.18. The number of halogens is 1. The fraction of sp³-hybridized carbons (Fsp3) is 0.273. The third-order valence-corrected chi connectivity index (χ3v) is 2.76. The average molecular weight is 255 g/mol. The molecule has 0 radical (unpaired) electrons. The molecule has 0 fully saturated rings. The van der Waals surface area contributed by atoms with E-state index in [1.807, 2.05) is 0 Å². The summed E-state index contributed by atoms with van der Waals surface area (Å²) in [4.78, 5) is 14.5. The first kappa shape index (κ1) is 12.9. The normalized spacial score (nSPS) is 9.38. The van der Waals surface area contributed by atoms with Crippen molar-refractivity contribution in [1.82, 2.24) is 4.98 Å². The van der Waals surface area contributed by atoms with Gasteiger partial charge in [0.2, 0.25) is 0 Å².